The molecule has 36 heavy (non-hydrogen) atoms. The number of anilines is 1. The SMILES string of the molecule is Cc1ccc(Cn2c(=O)c(N3CCC(C(=O)NCCCN4CCCC4)CC3)nc3ccccc32)cc1. The van der Waals surface area contributed by atoms with E-state index in [4.69, 9.17) is 4.98 Å². The lowest BCUT2D eigenvalue weighted by Gasteiger charge is -2.32. The van der Waals surface area contributed by atoms with Crippen LogP contribution in [0.2, 0.25) is 0 Å². The summed E-state index contributed by atoms with van der Waals surface area (Å²) in [6.45, 7) is 8.10. The highest BCUT2D eigenvalue weighted by Crippen LogP contribution is 2.22. The third kappa shape index (κ3) is 5.62. The van der Waals surface area contributed by atoms with Gasteiger partial charge in [-0.05, 0) is 76.4 Å². The number of para-hydroxylation sites is 2. The summed E-state index contributed by atoms with van der Waals surface area (Å²) in [5.41, 5.74) is 3.88. The molecule has 0 spiro atoms. The number of amides is 1. The lowest BCUT2D eigenvalue weighted by molar-refractivity contribution is -0.125. The Morgan fingerprint density at radius 1 is 1.00 bits per heavy atom. The fourth-order valence-corrected chi connectivity index (χ4v) is 5.44. The first kappa shape index (κ1) is 24.5. The molecule has 0 bridgehead atoms. The standard InChI is InChI=1S/C29H37N5O2/c1-22-9-11-23(12-10-22)21-34-26-8-3-2-7-25(26)31-27(29(34)36)33-19-13-24(14-20-33)28(35)30-15-6-18-32-16-4-5-17-32/h2-3,7-12,24H,4-6,13-21H2,1H3,(H,30,35). The van der Waals surface area contributed by atoms with Crippen LogP contribution in [-0.4, -0.2) is 59.6 Å². The molecule has 1 N–H and O–H groups in total. The third-order valence-electron chi connectivity index (χ3n) is 7.61. The van der Waals surface area contributed by atoms with Gasteiger partial charge in [0.15, 0.2) is 5.82 Å². The highest BCUT2D eigenvalue weighted by atomic mass is 16.2. The smallest absolute Gasteiger partial charge is 0.294 e. The van der Waals surface area contributed by atoms with Gasteiger partial charge in [0.25, 0.3) is 5.56 Å². The first-order valence-electron chi connectivity index (χ1n) is 13.4. The van der Waals surface area contributed by atoms with Crippen molar-refractivity contribution in [2.45, 2.75) is 45.6 Å². The van der Waals surface area contributed by atoms with Gasteiger partial charge in [-0.3, -0.25) is 14.2 Å². The topological polar surface area (TPSA) is 70.5 Å². The summed E-state index contributed by atoms with van der Waals surface area (Å²) in [5.74, 6) is 0.646. The van der Waals surface area contributed by atoms with Gasteiger partial charge in [0.2, 0.25) is 5.91 Å². The van der Waals surface area contributed by atoms with Gasteiger partial charge in [-0.25, -0.2) is 4.98 Å². The minimum absolute atomic E-state index is 0.00303. The van der Waals surface area contributed by atoms with Crippen LogP contribution in [0.4, 0.5) is 5.82 Å². The first-order valence-corrected chi connectivity index (χ1v) is 13.4. The zero-order valence-corrected chi connectivity index (χ0v) is 21.3. The van der Waals surface area contributed by atoms with Crippen LogP contribution >= 0.6 is 0 Å². The summed E-state index contributed by atoms with van der Waals surface area (Å²) in [4.78, 5) is 35.7. The van der Waals surface area contributed by atoms with Crippen LogP contribution in [0, 0.1) is 12.8 Å². The lowest BCUT2D eigenvalue weighted by Crippen LogP contribution is -2.43. The zero-order valence-electron chi connectivity index (χ0n) is 21.3. The largest absolute Gasteiger partial charge is 0.356 e. The molecule has 1 amide bonds. The van der Waals surface area contributed by atoms with Crippen molar-refractivity contribution in [1.29, 1.82) is 0 Å². The molecule has 0 aliphatic carbocycles. The highest BCUT2D eigenvalue weighted by molar-refractivity contribution is 5.79. The Balaban J connectivity index is 1.24. The van der Waals surface area contributed by atoms with Crippen LogP contribution in [0.5, 0.6) is 0 Å². The molecule has 2 aliphatic heterocycles. The number of nitrogens with zero attached hydrogens (tertiary/aromatic N) is 4. The maximum absolute atomic E-state index is 13.6. The van der Waals surface area contributed by atoms with Gasteiger partial charge in [-0.2, -0.15) is 0 Å². The second-order valence-electron chi connectivity index (χ2n) is 10.3. The molecule has 2 saturated heterocycles. The van der Waals surface area contributed by atoms with Crippen LogP contribution in [0.15, 0.2) is 53.3 Å². The Hall–Kier alpha value is -3.19. The quantitative estimate of drug-likeness (QED) is 0.492. The number of benzene rings is 2. The van der Waals surface area contributed by atoms with Crippen molar-refractivity contribution in [3.8, 4) is 0 Å². The molecule has 0 atom stereocenters. The molecule has 7 nitrogen and oxygen atoms in total. The molecule has 0 unspecified atom stereocenters. The fraction of sp³-hybridized carbons (Fsp3) is 0.483. The Labute approximate surface area is 213 Å². The normalized spacial score (nSPS) is 17.1. The van der Waals surface area contributed by atoms with Crippen LogP contribution < -0.4 is 15.8 Å². The number of fused-ring (bicyclic) bond motifs is 1. The van der Waals surface area contributed by atoms with E-state index >= 15 is 0 Å². The van der Waals surface area contributed by atoms with Crippen molar-refractivity contribution >= 4 is 22.8 Å². The van der Waals surface area contributed by atoms with Crippen molar-refractivity contribution < 1.29 is 4.79 Å². The van der Waals surface area contributed by atoms with E-state index in [9.17, 15) is 9.59 Å². The Morgan fingerprint density at radius 2 is 1.72 bits per heavy atom. The van der Waals surface area contributed by atoms with Gasteiger partial charge in [0.1, 0.15) is 0 Å². The molecule has 3 aromatic rings. The van der Waals surface area contributed by atoms with E-state index in [0.29, 0.717) is 25.5 Å². The zero-order chi connectivity index (χ0) is 24.9. The number of carbonyl (C=O) groups is 1. The molecule has 1 aromatic heterocycles. The number of aromatic nitrogens is 2. The van der Waals surface area contributed by atoms with Crippen molar-refractivity contribution in [2.24, 2.45) is 5.92 Å². The third-order valence-corrected chi connectivity index (χ3v) is 7.61. The Morgan fingerprint density at radius 3 is 2.47 bits per heavy atom. The van der Waals surface area contributed by atoms with E-state index in [1.165, 1.54) is 31.5 Å². The van der Waals surface area contributed by atoms with Gasteiger partial charge in [0, 0.05) is 25.6 Å². The molecule has 5 rings (SSSR count). The Bertz CT molecular complexity index is 1240. The molecular formula is C29H37N5O2. The van der Waals surface area contributed by atoms with Gasteiger partial charge >= 0.3 is 0 Å². The minimum Gasteiger partial charge on any atom is -0.356 e. The predicted octanol–water partition coefficient (Wildman–Crippen LogP) is 3.57. The van der Waals surface area contributed by atoms with Crippen LogP contribution in [0.3, 0.4) is 0 Å². The minimum atomic E-state index is -0.0703. The number of carbonyl (C=O) groups excluding carboxylic acids is 1. The van der Waals surface area contributed by atoms with E-state index in [1.807, 2.05) is 28.8 Å². The van der Waals surface area contributed by atoms with E-state index < -0.39 is 0 Å². The lowest BCUT2D eigenvalue weighted by atomic mass is 9.96. The maximum atomic E-state index is 13.6. The second-order valence-corrected chi connectivity index (χ2v) is 10.3. The van der Waals surface area contributed by atoms with Crippen LogP contribution in [-0.2, 0) is 11.3 Å². The monoisotopic (exact) mass is 487 g/mol. The molecule has 2 aromatic carbocycles. The van der Waals surface area contributed by atoms with Crippen molar-refractivity contribution in [2.75, 3.05) is 44.2 Å². The number of piperidine rings is 1. The summed E-state index contributed by atoms with van der Waals surface area (Å²) in [6.07, 6.45) is 5.09. The number of hydrogen-bond acceptors (Lipinski definition) is 5. The number of hydrogen-bond donors (Lipinski definition) is 1. The second kappa shape index (κ2) is 11.2. The highest BCUT2D eigenvalue weighted by Gasteiger charge is 2.27. The van der Waals surface area contributed by atoms with Gasteiger partial charge in [-0.1, -0.05) is 42.0 Å². The molecule has 0 radical (unpaired) electrons. The number of rotatable bonds is 8. The van der Waals surface area contributed by atoms with Gasteiger partial charge in [-0.15, -0.1) is 0 Å². The predicted molar refractivity (Wildman–Crippen MR) is 145 cm³/mol. The van der Waals surface area contributed by atoms with E-state index in [-0.39, 0.29) is 17.4 Å². The maximum Gasteiger partial charge on any atom is 0.294 e. The molecular weight excluding hydrogens is 450 g/mol. The summed E-state index contributed by atoms with van der Waals surface area (Å²) in [5, 5.41) is 3.14. The van der Waals surface area contributed by atoms with E-state index in [1.54, 1.807) is 0 Å². The van der Waals surface area contributed by atoms with Crippen LogP contribution in [0.25, 0.3) is 11.0 Å². The number of nitrogens with one attached hydrogen (secondary N) is 1. The van der Waals surface area contributed by atoms with E-state index in [2.05, 4.69) is 46.3 Å². The molecule has 0 saturated carbocycles. The Kier molecular flexibility index (Phi) is 7.66. The first-order chi connectivity index (χ1) is 17.6. The summed E-state index contributed by atoms with van der Waals surface area (Å²) >= 11 is 0. The van der Waals surface area contributed by atoms with Crippen LogP contribution in [0.1, 0.15) is 43.2 Å². The molecule has 7 heteroatoms. The van der Waals surface area contributed by atoms with E-state index in [0.717, 1.165) is 48.9 Å². The molecule has 2 aliphatic rings. The molecule has 3 heterocycles. The fourth-order valence-electron chi connectivity index (χ4n) is 5.44. The number of likely N-dealkylation sites (tertiary alicyclic amines) is 1. The van der Waals surface area contributed by atoms with Crippen molar-refractivity contribution in [3.05, 3.63) is 70.0 Å². The van der Waals surface area contributed by atoms with Gasteiger partial charge in [0.05, 0.1) is 17.6 Å². The summed E-state index contributed by atoms with van der Waals surface area (Å²) < 4.78 is 1.83. The van der Waals surface area contributed by atoms with Crippen molar-refractivity contribution in [1.82, 2.24) is 19.8 Å². The van der Waals surface area contributed by atoms with Gasteiger partial charge < -0.3 is 15.1 Å². The average molecular weight is 488 g/mol. The molecule has 190 valence electrons. The summed E-state index contributed by atoms with van der Waals surface area (Å²) in [7, 11) is 0. The van der Waals surface area contributed by atoms with Crippen molar-refractivity contribution in [3.63, 3.8) is 0 Å². The number of aryl methyl sites for hydroxylation is 1. The average Bonchev–Trinajstić information content (AvgIpc) is 3.43. The summed E-state index contributed by atoms with van der Waals surface area (Å²) in [6, 6.07) is 16.1. The molecule has 2 fully saturated rings.